The molecular weight excluding hydrogens is 196 g/mol. The molecule has 0 saturated heterocycles. The van der Waals surface area contributed by atoms with Crippen molar-refractivity contribution in [1.82, 2.24) is 10.3 Å². The molecular formula is C9H20N4O2. The number of carbonyl (C=O) groups excluding carboxylic acids is 2. The van der Waals surface area contributed by atoms with Crippen LogP contribution in [0, 0.1) is 0 Å². The highest BCUT2D eigenvalue weighted by molar-refractivity contribution is 5.75. The van der Waals surface area contributed by atoms with Crippen LogP contribution in [-0.4, -0.2) is 36.9 Å². The van der Waals surface area contributed by atoms with Gasteiger partial charge in [-0.2, -0.15) is 0 Å². The van der Waals surface area contributed by atoms with Crippen LogP contribution in [0.2, 0.25) is 0 Å². The molecule has 0 aromatic heterocycles. The van der Waals surface area contributed by atoms with Gasteiger partial charge in [-0.25, -0.2) is 5.84 Å². The third-order valence-electron chi connectivity index (χ3n) is 2.03. The number of rotatable bonds is 8. The molecule has 0 heterocycles. The van der Waals surface area contributed by atoms with Crippen molar-refractivity contribution >= 4 is 11.8 Å². The summed E-state index contributed by atoms with van der Waals surface area (Å²) in [5, 5.41) is 0. The highest BCUT2D eigenvalue weighted by Crippen LogP contribution is 2.00. The molecule has 0 fully saturated rings. The summed E-state index contributed by atoms with van der Waals surface area (Å²) in [7, 11) is 1.84. The number of likely N-dealkylation sites (N-methyl/N-ethyl adjacent to an activating group) is 1. The van der Waals surface area contributed by atoms with Crippen molar-refractivity contribution in [2.75, 3.05) is 20.1 Å². The lowest BCUT2D eigenvalue weighted by molar-refractivity contribution is -0.121. The highest BCUT2D eigenvalue weighted by Gasteiger charge is 2.02. The van der Waals surface area contributed by atoms with Crippen molar-refractivity contribution in [2.24, 2.45) is 11.6 Å². The van der Waals surface area contributed by atoms with Gasteiger partial charge in [-0.05, 0) is 26.4 Å². The molecule has 0 aromatic carbocycles. The molecule has 0 aromatic rings. The van der Waals surface area contributed by atoms with Crippen molar-refractivity contribution in [3.63, 3.8) is 0 Å². The smallest absolute Gasteiger partial charge is 0.233 e. The van der Waals surface area contributed by atoms with Gasteiger partial charge in [-0.3, -0.25) is 19.9 Å². The first kappa shape index (κ1) is 13.9. The molecule has 0 rings (SSSR count). The average molecular weight is 216 g/mol. The van der Waals surface area contributed by atoms with Crippen molar-refractivity contribution in [1.29, 1.82) is 0 Å². The van der Waals surface area contributed by atoms with Gasteiger partial charge < -0.3 is 5.73 Å². The first-order valence-corrected chi connectivity index (χ1v) is 5.02. The number of primary amides is 1. The normalized spacial score (nSPS) is 10.3. The van der Waals surface area contributed by atoms with Crippen LogP contribution < -0.4 is 17.0 Å². The lowest BCUT2D eigenvalue weighted by atomic mass is 10.2. The molecule has 0 radical (unpaired) electrons. The molecule has 5 N–H and O–H groups in total. The minimum absolute atomic E-state index is 0.138. The molecule has 0 bridgehead atoms. The van der Waals surface area contributed by atoms with E-state index < -0.39 is 0 Å². The Balaban J connectivity index is 3.30. The Kier molecular flexibility index (Phi) is 7.57. The lowest BCUT2D eigenvalue weighted by Crippen LogP contribution is -2.31. The monoisotopic (exact) mass is 216 g/mol. The summed E-state index contributed by atoms with van der Waals surface area (Å²) in [6.45, 7) is 1.09. The zero-order chi connectivity index (χ0) is 11.7. The summed E-state index contributed by atoms with van der Waals surface area (Å²) in [6, 6.07) is 0. The Morgan fingerprint density at radius 3 is 2.47 bits per heavy atom. The van der Waals surface area contributed by atoms with Gasteiger partial charge in [0.1, 0.15) is 0 Å². The SMILES string of the molecule is CN(CCCCCC(=O)NN)CC(N)=O. The number of carbonyl (C=O) groups is 2. The zero-order valence-corrected chi connectivity index (χ0v) is 9.16. The van der Waals surface area contributed by atoms with E-state index in [0.29, 0.717) is 6.42 Å². The highest BCUT2D eigenvalue weighted by atomic mass is 16.2. The third kappa shape index (κ3) is 9.17. The van der Waals surface area contributed by atoms with Gasteiger partial charge >= 0.3 is 0 Å². The standard InChI is InChI=1S/C9H20N4O2/c1-13(7-8(10)14)6-4-2-3-5-9(15)12-11/h2-7,11H2,1H3,(H2,10,14)(H,12,15). The number of unbranched alkanes of at least 4 members (excludes halogenated alkanes) is 2. The van der Waals surface area contributed by atoms with Gasteiger partial charge in [0.25, 0.3) is 0 Å². The van der Waals surface area contributed by atoms with E-state index in [-0.39, 0.29) is 18.4 Å². The summed E-state index contributed by atoms with van der Waals surface area (Å²) in [5.74, 6) is 4.47. The maximum Gasteiger partial charge on any atom is 0.233 e. The fourth-order valence-corrected chi connectivity index (χ4v) is 1.26. The Morgan fingerprint density at radius 2 is 1.93 bits per heavy atom. The molecule has 0 unspecified atom stereocenters. The van der Waals surface area contributed by atoms with Crippen molar-refractivity contribution < 1.29 is 9.59 Å². The Morgan fingerprint density at radius 1 is 1.27 bits per heavy atom. The topological polar surface area (TPSA) is 101 Å². The molecule has 0 aliphatic carbocycles. The second kappa shape index (κ2) is 8.19. The lowest BCUT2D eigenvalue weighted by Gasteiger charge is -2.13. The van der Waals surface area contributed by atoms with E-state index in [2.05, 4.69) is 5.43 Å². The number of nitrogens with two attached hydrogens (primary N) is 2. The molecule has 0 atom stereocenters. The quantitative estimate of drug-likeness (QED) is 0.209. The number of hydrogen-bond acceptors (Lipinski definition) is 4. The van der Waals surface area contributed by atoms with Gasteiger partial charge in [-0.1, -0.05) is 6.42 Å². The van der Waals surface area contributed by atoms with E-state index >= 15 is 0 Å². The predicted octanol–water partition coefficient (Wildman–Crippen LogP) is -1.05. The maximum atomic E-state index is 10.7. The second-order valence-corrected chi connectivity index (χ2v) is 3.58. The van der Waals surface area contributed by atoms with E-state index in [4.69, 9.17) is 11.6 Å². The Hall–Kier alpha value is -1.14. The summed E-state index contributed by atoms with van der Waals surface area (Å²) < 4.78 is 0. The zero-order valence-electron chi connectivity index (χ0n) is 9.16. The minimum Gasteiger partial charge on any atom is -0.369 e. The molecule has 6 nitrogen and oxygen atoms in total. The summed E-state index contributed by atoms with van der Waals surface area (Å²) in [6.07, 6.45) is 3.15. The molecule has 0 aliphatic rings. The molecule has 0 spiro atoms. The number of nitrogens with one attached hydrogen (secondary N) is 1. The van der Waals surface area contributed by atoms with Gasteiger partial charge in [0.15, 0.2) is 0 Å². The third-order valence-corrected chi connectivity index (χ3v) is 2.03. The fourth-order valence-electron chi connectivity index (χ4n) is 1.26. The van der Waals surface area contributed by atoms with Crippen LogP contribution in [0.25, 0.3) is 0 Å². The minimum atomic E-state index is -0.319. The van der Waals surface area contributed by atoms with E-state index in [1.54, 1.807) is 0 Å². The first-order valence-electron chi connectivity index (χ1n) is 5.02. The molecule has 6 heteroatoms. The molecule has 88 valence electrons. The maximum absolute atomic E-state index is 10.7. The van der Waals surface area contributed by atoms with Crippen LogP contribution in [0.4, 0.5) is 0 Å². The Bertz CT molecular complexity index is 208. The van der Waals surface area contributed by atoms with Gasteiger partial charge in [0.05, 0.1) is 6.54 Å². The molecule has 0 aliphatic heterocycles. The van der Waals surface area contributed by atoms with Gasteiger partial charge in [0.2, 0.25) is 11.8 Å². The van der Waals surface area contributed by atoms with Crippen molar-refractivity contribution in [3.8, 4) is 0 Å². The van der Waals surface area contributed by atoms with Crippen LogP contribution in [-0.2, 0) is 9.59 Å². The average Bonchev–Trinajstić information content (AvgIpc) is 2.15. The summed E-state index contributed by atoms with van der Waals surface area (Å²) in [4.78, 5) is 23.2. The summed E-state index contributed by atoms with van der Waals surface area (Å²) >= 11 is 0. The Labute approximate surface area is 89.9 Å². The number of hydrazine groups is 1. The van der Waals surface area contributed by atoms with Crippen LogP contribution in [0.15, 0.2) is 0 Å². The van der Waals surface area contributed by atoms with E-state index in [9.17, 15) is 9.59 Å². The molecule has 0 saturated carbocycles. The van der Waals surface area contributed by atoms with Crippen LogP contribution in [0.1, 0.15) is 25.7 Å². The van der Waals surface area contributed by atoms with E-state index in [1.165, 1.54) is 0 Å². The number of amides is 2. The van der Waals surface area contributed by atoms with Crippen molar-refractivity contribution in [2.45, 2.75) is 25.7 Å². The van der Waals surface area contributed by atoms with Crippen LogP contribution in [0.3, 0.4) is 0 Å². The van der Waals surface area contributed by atoms with Gasteiger partial charge in [0, 0.05) is 6.42 Å². The van der Waals surface area contributed by atoms with E-state index in [0.717, 1.165) is 25.8 Å². The largest absolute Gasteiger partial charge is 0.369 e. The van der Waals surface area contributed by atoms with Crippen LogP contribution in [0.5, 0.6) is 0 Å². The van der Waals surface area contributed by atoms with Gasteiger partial charge in [-0.15, -0.1) is 0 Å². The van der Waals surface area contributed by atoms with E-state index in [1.807, 2.05) is 11.9 Å². The summed E-state index contributed by atoms with van der Waals surface area (Å²) in [5.41, 5.74) is 7.11. The number of hydrogen-bond donors (Lipinski definition) is 3. The number of nitrogens with zero attached hydrogens (tertiary/aromatic N) is 1. The fraction of sp³-hybridized carbons (Fsp3) is 0.778. The second-order valence-electron chi connectivity index (χ2n) is 3.58. The van der Waals surface area contributed by atoms with Crippen LogP contribution >= 0.6 is 0 Å². The first-order chi connectivity index (χ1) is 7.06. The molecule has 15 heavy (non-hydrogen) atoms. The molecule has 2 amide bonds. The predicted molar refractivity (Wildman–Crippen MR) is 57.5 cm³/mol. The van der Waals surface area contributed by atoms with Crippen molar-refractivity contribution in [3.05, 3.63) is 0 Å².